The number of hydrogen-bond acceptors (Lipinski definition) is 4. The van der Waals surface area contributed by atoms with Crippen LogP contribution in [0.15, 0.2) is 59.9 Å². The molecule has 2 aromatic carbocycles. The number of benzene rings is 2. The zero-order valence-electron chi connectivity index (χ0n) is 15.6. The van der Waals surface area contributed by atoms with Crippen LogP contribution in [-0.4, -0.2) is 27.8 Å². The molecular weight excluding hydrogens is 474 g/mol. The number of hydrogen-bond donors (Lipinski definition) is 2. The van der Waals surface area contributed by atoms with Gasteiger partial charge in [0.15, 0.2) is 5.96 Å². The van der Waals surface area contributed by atoms with Crippen LogP contribution in [0.1, 0.15) is 11.4 Å². The van der Waals surface area contributed by atoms with Gasteiger partial charge in [-0.05, 0) is 42.0 Å². The second-order valence-electron chi connectivity index (χ2n) is 5.78. The minimum Gasteiger partial charge on any atom is -0.457 e. The summed E-state index contributed by atoms with van der Waals surface area (Å²) in [6, 6.07) is 13.6. The molecule has 3 aromatic rings. The lowest BCUT2D eigenvalue weighted by Crippen LogP contribution is -2.36. The molecule has 148 valence electrons. The van der Waals surface area contributed by atoms with E-state index in [0.29, 0.717) is 30.5 Å². The summed E-state index contributed by atoms with van der Waals surface area (Å²) in [7, 11) is 3.56. The molecule has 0 aliphatic carbocycles. The van der Waals surface area contributed by atoms with E-state index < -0.39 is 0 Å². The number of aromatic nitrogens is 3. The maximum atomic E-state index is 12.9. The lowest BCUT2D eigenvalue weighted by Gasteiger charge is -2.12. The molecule has 0 spiro atoms. The van der Waals surface area contributed by atoms with E-state index in [1.165, 1.54) is 18.5 Å². The van der Waals surface area contributed by atoms with E-state index in [4.69, 9.17) is 4.74 Å². The first-order valence-electron chi connectivity index (χ1n) is 8.44. The number of guanidine groups is 1. The van der Waals surface area contributed by atoms with Crippen LogP contribution in [0.3, 0.4) is 0 Å². The van der Waals surface area contributed by atoms with Gasteiger partial charge in [0.2, 0.25) is 0 Å². The van der Waals surface area contributed by atoms with Crippen molar-refractivity contribution in [1.82, 2.24) is 25.4 Å². The number of aryl methyl sites for hydroxylation is 1. The van der Waals surface area contributed by atoms with E-state index in [9.17, 15) is 4.39 Å². The molecule has 0 saturated carbocycles. The van der Waals surface area contributed by atoms with Crippen molar-refractivity contribution in [1.29, 1.82) is 0 Å². The average Bonchev–Trinajstić information content (AvgIpc) is 3.10. The summed E-state index contributed by atoms with van der Waals surface area (Å²) in [6.07, 6.45) is 1.52. The standard InChI is InChI=1S/C19H21FN6O.HI/c1-21-19(23-12-18-24-13-25-26(18)2)22-11-14-3-7-16(8-4-14)27-17-9-5-15(20)6-10-17;/h3-10,13H,11-12H2,1-2H3,(H2,21,22,23);1H. The maximum absolute atomic E-state index is 12.9. The van der Waals surface area contributed by atoms with Crippen LogP contribution in [-0.2, 0) is 20.1 Å². The molecule has 0 aliphatic rings. The number of nitrogens with one attached hydrogen (secondary N) is 2. The first kappa shape index (κ1) is 21.6. The summed E-state index contributed by atoms with van der Waals surface area (Å²) >= 11 is 0. The second kappa shape index (κ2) is 10.6. The van der Waals surface area contributed by atoms with Gasteiger partial charge in [0.05, 0.1) is 6.54 Å². The molecule has 0 unspecified atom stereocenters. The topological polar surface area (TPSA) is 76.4 Å². The molecule has 28 heavy (non-hydrogen) atoms. The van der Waals surface area contributed by atoms with E-state index in [2.05, 4.69) is 25.7 Å². The lowest BCUT2D eigenvalue weighted by molar-refractivity contribution is 0.480. The van der Waals surface area contributed by atoms with Crippen molar-refractivity contribution in [2.24, 2.45) is 12.0 Å². The van der Waals surface area contributed by atoms with E-state index in [-0.39, 0.29) is 29.8 Å². The van der Waals surface area contributed by atoms with Crippen molar-refractivity contribution in [2.45, 2.75) is 13.1 Å². The molecule has 3 rings (SSSR count). The van der Waals surface area contributed by atoms with E-state index in [0.717, 1.165) is 11.4 Å². The largest absolute Gasteiger partial charge is 0.457 e. The smallest absolute Gasteiger partial charge is 0.191 e. The Morgan fingerprint density at radius 3 is 2.21 bits per heavy atom. The SMILES string of the molecule is CN=C(NCc1ccc(Oc2ccc(F)cc2)cc1)NCc1ncnn1C.I. The van der Waals surface area contributed by atoms with Crippen molar-refractivity contribution < 1.29 is 9.13 Å². The highest BCUT2D eigenvalue weighted by atomic mass is 127. The highest BCUT2D eigenvalue weighted by Gasteiger charge is 2.03. The van der Waals surface area contributed by atoms with Gasteiger partial charge in [-0.1, -0.05) is 12.1 Å². The van der Waals surface area contributed by atoms with Crippen molar-refractivity contribution in [3.8, 4) is 11.5 Å². The summed E-state index contributed by atoms with van der Waals surface area (Å²) in [4.78, 5) is 8.36. The Kier molecular flexibility index (Phi) is 8.18. The quantitative estimate of drug-likeness (QED) is 0.312. The van der Waals surface area contributed by atoms with Gasteiger partial charge in [-0.2, -0.15) is 5.10 Å². The highest BCUT2D eigenvalue weighted by molar-refractivity contribution is 14.0. The number of halogens is 2. The van der Waals surface area contributed by atoms with Crippen LogP contribution in [0.5, 0.6) is 11.5 Å². The monoisotopic (exact) mass is 496 g/mol. The van der Waals surface area contributed by atoms with Crippen LogP contribution >= 0.6 is 24.0 Å². The van der Waals surface area contributed by atoms with Crippen LogP contribution < -0.4 is 15.4 Å². The van der Waals surface area contributed by atoms with Gasteiger partial charge >= 0.3 is 0 Å². The fourth-order valence-corrected chi connectivity index (χ4v) is 2.36. The molecule has 0 fully saturated rings. The van der Waals surface area contributed by atoms with Crippen molar-refractivity contribution in [3.05, 3.63) is 72.1 Å². The maximum Gasteiger partial charge on any atom is 0.191 e. The lowest BCUT2D eigenvalue weighted by atomic mass is 10.2. The van der Waals surface area contributed by atoms with Crippen LogP contribution in [0.25, 0.3) is 0 Å². The molecule has 7 nitrogen and oxygen atoms in total. The van der Waals surface area contributed by atoms with Crippen molar-refractivity contribution >= 4 is 29.9 Å². The van der Waals surface area contributed by atoms with E-state index in [1.807, 2.05) is 31.3 Å². The molecule has 2 N–H and O–H groups in total. The second-order valence-corrected chi connectivity index (χ2v) is 5.78. The molecule has 0 aliphatic heterocycles. The predicted octanol–water partition coefficient (Wildman–Crippen LogP) is 3.23. The average molecular weight is 496 g/mol. The summed E-state index contributed by atoms with van der Waals surface area (Å²) < 4.78 is 20.3. The number of nitrogens with zero attached hydrogens (tertiary/aromatic N) is 4. The molecule has 0 amide bonds. The third kappa shape index (κ3) is 6.19. The van der Waals surface area contributed by atoms with E-state index in [1.54, 1.807) is 23.9 Å². The van der Waals surface area contributed by atoms with Gasteiger partial charge in [-0.3, -0.25) is 9.67 Å². The molecule has 1 aromatic heterocycles. The fraction of sp³-hybridized carbons (Fsp3) is 0.211. The molecule has 9 heteroatoms. The third-order valence-corrected chi connectivity index (χ3v) is 3.88. The van der Waals surface area contributed by atoms with Crippen molar-refractivity contribution in [3.63, 3.8) is 0 Å². The number of aliphatic imine (C=N–C) groups is 1. The predicted molar refractivity (Wildman–Crippen MR) is 116 cm³/mol. The van der Waals surface area contributed by atoms with Crippen LogP contribution in [0.2, 0.25) is 0 Å². The fourth-order valence-electron chi connectivity index (χ4n) is 2.36. The first-order chi connectivity index (χ1) is 13.1. The summed E-state index contributed by atoms with van der Waals surface area (Å²) in [5, 5.41) is 10.5. The normalized spacial score (nSPS) is 10.9. The van der Waals surface area contributed by atoms with Gasteiger partial charge < -0.3 is 15.4 Å². The summed E-state index contributed by atoms with van der Waals surface area (Å²) in [5.41, 5.74) is 1.07. The van der Waals surface area contributed by atoms with Crippen LogP contribution in [0, 0.1) is 5.82 Å². The molecule has 0 radical (unpaired) electrons. The Bertz CT molecular complexity index is 896. The molecule has 0 saturated heterocycles. The zero-order chi connectivity index (χ0) is 19.1. The van der Waals surface area contributed by atoms with Gasteiger partial charge in [0, 0.05) is 20.6 Å². The van der Waals surface area contributed by atoms with Gasteiger partial charge in [0.1, 0.15) is 29.5 Å². The molecular formula is C19H22FIN6O. The molecule has 1 heterocycles. The minimum absolute atomic E-state index is 0. The zero-order valence-corrected chi connectivity index (χ0v) is 17.9. The number of ether oxygens (including phenoxy) is 1. The third-order valence-electron chi connectivity index (χ3n) is 3.88. The Morgan fingerprint density at radius 2 is 1.64 bits per heavy atom. The number of rotatable bonds is 6. The molecule has 0 bridgehead atoms. The highest BCUT2D eigenvalue weighted by Crippen LogP contribution is 2.21. The van der Waals surface area contributed by atoms with Gasteiger partial charge in [-0.25, -0.2) is 9.37 Å². The minimum atomic E-state index is -0.287. The van der Waals surface area contributed by atoms with E-state index >= 15 is 0 Å². The molecule has 0 atom stereocenters. The summed E-state index contributed by atoms with van der Waals surface area (Å²) in [5.74, 6) is 2.49. The Balaban J connectivity index is 0.00000280. The Hall–Kier alpha value is -2.69. The van der Waals surface area contributed by atoms with Gasteiger partial charge in [0.25, 0.3) is 0 Å². The van der Waals surface area contributed by atoms with Crippen molar-refractivity contribution in [2.75, 3.05) is 7.05 Å². The first-order valence-corrected chi connectivity index (χ1v) is 8.44. The van der Waals surface area contributed by atoms with Gasteiger partial charge in [-0.15, -0.1) is 24.0 Å². The Morgan fingerprint density at radius 1 is 1.04 bits per heavy atom. The Labute approximate surface area is 180 Å². The van der Waals surface area contributed by atoms with Crippen LogP contribution in [0.4, 0.5) is 4.39 Å². The summed E-state index contributed by atoms with van der Waals surface area (Å²) in [6.45, 7) is 1.13.